The van der Waals surface area contributed by atoms with Crippen LogP contribution >= 0.6 is 11.6 Å². The fourth-order valence-corrected chi connectivity index (χ4v) is 3.77. The second kappa shape index (κ2) is 6.96. The molecule has 7 heteroatoms. The molecule has 0 unspecified atom stereocenters. The summed E-state index contributed by atoms with van der Waals surface area (Å²) >= 11 is 5.74. The standard InChI is InChI=1S/C15H21ClN2O3S/c1-15(2,3)21-14(19)18-7-6-12(9-18)22(20)10-11-4-5-13(16)17-8-11/h4-5,8,12H,6-7,9-10H2,1-3H3/t12-,22-/m1/s1. The van der Waals surface area contributed by atoms with Crippen molar-refractivity contribution in [2.45, 2.75) is 43.8 Å². The van der Waals surface area contributed by atoms with Crippen LogP contribution < -0.4 is 0 Å². The van der Waals surface area contributed by atoms with Crippen molar-refractivity contribution in [3.8, 4) is 0 Å². The zero-order chi connectivity index (χ0) is 16.3. The number of aromatic nitrogens is 1. The lowest BCUT2D eigenvalue weighted by molar-refractivity contribution is 0.0295. The Labute approximate surface area is 138 Å². The SMILES string of the molecule is CC(C)(C)OC(=O)N1CC[C@@H]([S@](=O)Cc2ccc(Cl)nc2)C1. The van der Waals surface area contributed by atoms with Crippen LogP contribution in [0.1, 0.15) is 32.8 Å². The molecule has 1 aliphatic rings. The van der Waals surface area contributed by atoms with Gasteiger partial charge in [0.1, 0.15) is 10.8 Å². The highest BCUT2D eigenvalue weighted by molar-refractivity contribution is 7.84. The van der Waals surface area contributed by atoms with Gasteiger partial charge >= 0.3 is 6.09 Å². The van der Waals surface area contributed by atoms with Crippen LogP contribution in [0.15, 0.2) is 18.3 Å². The van der Waals surface area contributed by atoms with E-state index >= 15 is 0 Å². The molecule has 0 bridgehead atoms. The van der Waals surface area contributed by atoms with Gasteiger partial charge in [-0.3, -0.25) is 4.21 Å². The first-order chi connectivity index (χ1) is 10.2. The molecule has 2 atom stereocenters. The number of hydrogen-bond donors (Lipinski definition) is 0. The molecule has 1 saturated heterocycles. The van der Waals surface area contributed by atoms with Gasteiger partial charge in [-0.2, -0.15) is 0 Å². The zero-order valence-corrected chi connectivity index (χ0v) is 14.6. The summed E-state index contributed by atoms with van der Waals surface area (Å²) in [6, 6.07) is 3.52. The number of ether oxygens (including phenoxy) is 1. The lowest BCUT2D eigenvalue weighted by Gasteiger charge is -2.24. The lowest BCUT2D eigenvalue weighted by atomic mass is 10.2. The number of pyridine rings is 1. The minimum absolute atomic E-state index is 0.0248. The van der Waals surface area contributed by atoms with Crippen molar-refractivity contribution in [1.29, 1.82) is 0 Å². The summed E-state index contributed by atoms with van der Waals surface area (Å²) in [7, 11) is -1.05. The number of rotatable bonds is 3. The van der Waals surface area contributed by atoms with Crippen LogP contribution in [0.5, 0.6) is 0 Å². The Morgan fingerprint density at radius 2 is 2.23 bits per heavy atom. The predicted octanol–water partition coefficient (Wildman–Crippen LogP) is 2.99. The molecule has 1 amide bonds. The van der Waals surface area contributed by atoms with Gasteiger partial charge in [0.05, 0.1) is 11.0 Å². The Kier molecular flexibility index (Phi) is 5.45. The fraction of sp³-hybridized carbons (Fsp3) is 0.600. The van der Waals surface area contributed by atoms with Crippen LogP contribution in [0.4, 0.5) is 4.79 Å². The fourth-order valence-electron chi connectivity index (χ4n) is 2.21. The third-order valence-electron chi connectivity index (χ3n) is 3.27. The van der Waals surface area contributed by atoms with E-state index < -0.39 is 16.4 Å². The molecule has 0 saturated carbocycles. The summed E-state index contributed by atoms with van der Waals surface area (Å²) in [5, 5.41) is 0.398. The van der Waals surface area contributed by atoms with Crippen molar-refractivity contribution < 1.29 is 13.7 Å². The quantitative estimate of drug-likeness (QED) is 0.791. The highest BCUT2D eigenvalue weighted by Crippen LogP contribution is 2.20. The van der Waals surface area contributed by atoms with Gasteiger partial charge in [0, 0.05) is 30.1 Å². The number of halogens is 1. The van der Waals surface area contributed by atoms with Crippen molar-refractivity contribution in [2.75, 3.05) is 13.1 Å². The number of likely N-dealkylation sites (tertiary alicyclic amines) is 1. The maximum absolute atomic E-state index is 12.4. The van der Waals surface area contributed by atoms with E-state index in [9.17, 15) is 9.00 Å². The second-order valence-electron chi connectivity index (χ2n) is 6.35. The van der Waals surface area contributed by atoms with Crippen molar-refractivity contribution in [3.05, 3.63) is 29.0 Å². The second-order valence-corrected chi connectivity index (χ2v) is 8.46. The van der Waals surface area contributed by atoms with Gasteiger partial charge in [0.25, 0.3) is 0 Å². The van der Waals surface area contributed by atoms with Crippen molar-refractivity contribution in [1.82, 2.24) is 9.88 Å². The van der Waals surface area contributed by atoms with E-state index in [1.165, 1.54) is 0 Å². The Morgan fingerprint density at radius 1 is 1.50 bits per heavy atom. The maximum Gasteiger partial charge on any atom is 0.410 e. The Hall–Kier alpha value is -1.14. The molecule has 2 heterocycles. The van der Waals surface area contributed by atoms with Gasteiger partial charge in [-0.15, -0.1) is 0 Å². The lowest BCUT2D eigenvalue weighted by Crippen LogP contribution is -2.36. The van der Waals surface area contributed by atoms with E-state index in [2.05, 4.69) is 4.98 Å². The van der Waals surface area contributed by atoms with Gasteiger partial charge in [-0.05, 0) is 38.8 Å². The topological polar surface area (TPSA) is 59.5 Å². The highest BCUT2D eigenvalue weighted by Gasteiger charge is 2.32. The zero-order valence-electron chi connectivity index (χ0n) is 13.0. The van der Waals surface area contributed by atoms with Gasteiger partial charge in [-0.1, -0.05) is 17.7 Å². The van der Waals surface area contributed by atoms with Crippen LogP contribution in [0.3, 0.4) is 0 Å². The number of hydrogen-bond acceptors (Lipinski definition) is 4. The molecule has 1 aromatic rings. The van der Waals surface area contributed by atoms with Gasteiger partial charge in [-0.25, -0.2) is 9.78 Å². The number of carbonyl (C=O) groups excluding carboxylic acids is 1. The molecule has 1 aromatic heterocycles. The van der Waals surface area contributed by atoms with E-state index in [1.807, 2.05) is 26.8 Å². The molecule has 0 spiro atoms. The van der Waals surface area contributed by atoms with Crippen LogP contribution in [-0.4, -0.2) is 44.1 Å². The molecule has 22 heavy (non-hydrogen) atoms. The highest BCUT2D eigenvalue weighted by atomic mass is 35.5. The molecule has 1 aliphatic heterocycles. The van der Waals surface area contributed by atoms with Gasteiger partial charge in [0.2, 0.25) is 0 Å². The monoisotopic (exact) mass is 344 g/mol. The summed E-state index contributed by atoms with van der Waals surface area (Å²) in [5.41, 5.74) is 0.377. The summed E-state index contributed by atoms with van der Waals surface area (Å²) in [6.45, 7) is 6.57. The normalized spacial score (nSPS) is 20.0. The van der Waals surface area contributed by atoms with E-state index in [0.29, 0.717) is 24.0 Å². The van der Waals surface area contributed by atoms with Crippen molar-refractivity contribution in [3.63, 3.8) is 0 Å². The Morgan fingerprint density at radius 3 is 2.82 bits per heavy atom. The molecule has 0 N–H and O–H groups in total. The smallest absolute Gasteiger partial charge is 0.410 e. The summed E-state index contributed by atoms with van der Waals surface area (Å²) in [6.07, 6.45) is 2.04. The molecule has 0 radical (unpaired) electrons. The molecular weight excluding hydrogens is 324 g/mol. The van der Waals surface area contributed by atoms with Gasteiger partial charge in [0.15, 0.2) is 0 Å². The predicted molar refractivity (Wildman–Crippen MR) is 87.3 cm³/mol. The molecule has 2 rings (SSSR count). The first kappa shape index (κ1) is 17.2. The minimum Gasteiger partial charge on any atom is -0.444 e. The van der Waals surface area contributed by atoms with E-state index in [0.717, 1.165) is 12.0 Å². The van der Waals surface area contributed by atoms with Crippen LogP contribution in [-0.2, 0) is 21.3 Å². The molecular formula is C15H21ClN2O3S. The first-order valence-corrected chi connectivity index (χ1v) is 8.96. The minimum atomic E-state index is -1.05. The maximum atomic E-state index is 12.4. The third kappa shape index (κ3) is 4.95. The molecule has 0 aromatic carbocycles. The number of amides is 1. The summed E-state index contributed by atoms with van der Waals surface area (Å²) in [5.74, 6) is 0.428. The van der Waals surface area contributed by atoms with Crippen molar-refractivity contribution >= 4 is 28.5 Å². The molecule has 122 valence electrons. The average Bonchev–Trinajstić information content (AvgIpc) is 2.89. The Balaban J connectivity index is 1.88. The summed E-state index contributed by atoms with van der Waals surface area (Å²) in [4.78, 5) is 17.6. The van der Waals surface area contributed by atoms with Crippen LogP contribution in [0.2, 0.25) is 5.15 Å². The van der Waals surface area contributed by atoms with Crippen molar-refractivity contribution in [2.24, 2.45) is 0 Å². The van der Waals surface area contributed by atoms with E-state index in [-0.39, 0.29) is 11.3 Å². The largest absolute Gasteiger partial charge is 0.444 e. The third-order valence-corrected chi connectivity index (χ3v) is 5.24. The molecule has 1 fully saturated rings. The number of carbonyl (C=O) groups is 1. The molecule has 5 nitrogen and oxygen atoms in total. The van der Waals surface area contributed by atoms with Crippen LogP contribution in [0.25, 0.3) is 0 Å². The van der Waals surface area contributed by atoms with E-state index in [4.69, 9.17) is 16.3 Å². The van der Waals surface area contributed by atoms with Crippen LogP contribution in [0, 0.1) is 0 Å². The molecule has 0 aliphatic carbocycles. The van der Waals surface area contributed by atoms with E-state index in [1.54, 1.807) is 17.2 Å². The van der Waals surface area contributed by atoms with Gasteiger partial charge < -0.3 is 9.64 Å². The first-order valence-electron chi connectivity index (χ1n) is 7.20. The summed E-state index contributed by atoms with van der Waals surface area (Å²) < 4.78 is 17.8. The number of nitrogens with zero attached hydrogens (tertiary/aromatic N) is 2. The average molecular weight is 345 g/mol. The Bertz CT molecular complexity index is 557.